The van der Waals surface area contributed by atoms with E-state index in [0.717, 1.165) is 18.8 Å². The van der Waals surface area contributed by atoms with Crippen LogP contribution in [-0.4, -0.2) is 64.0 Å². The molecule has 1 heterocycles. The Kier molecular flexibility index (Phi) is 6.82. The number of nitrogens with one attached hydrogen (secondary N) is 1. The Morgan fingerprint density at radius 2 is 1.66 bits per heavy atom. The molecule has 0 atom stereocenters. The van der Waals surface area contributed by atoms with Gasteiger partial charge in [-0.15, -0.1) is 0 Å². The summed E-state index contributed by atoms with van der Waals surface area (Å²) in [5, 5.41) is 8.11. The van der Waals surface area contributed by atoms with Crippen LogP contribution in [0.4, 0.5) is 5.69 Å². The molecule has 3 rings (SSSR count). The number of benzene rings is 2. The van der Waals surface area contributed by atoms with E-state index in [9.17, 15) is 4.79 Å². The van der Waals surface area contributed by atoms with Crippen molar-refractivity contribution in [3.63, 3.8) is 0 Å². The molecule has 1 aliphatic rings. The van der Waals surface area contributed by atoms with Gasteiger partial charge in [0.15, 0.2) is 18.1 Å². The van der Waals surface area contributed by atoms with Gasteiger partial charge in [0, 0.05) is 43.1 Å². The molecule has 1 N–H and O–H groups in total. The average Bonchev–Trinajstić information content (AvgIpc) is 2.77. The van der Waals surface area contributed by atoms with Gasteiger partial charge in [-0.1, -0.05) is 11.6 Å². The molecule has 1 saturated heterocycles. The molecule has 2 aromatic rings. The van der Waals surface area contributed by atoms with Gasteiger partial charge in [0.2, 0.25) is 5.75 Å². The molecule has 1 fully saturated rings. The molecule has 8 heteroatoms. The standard InChI is InChI=1S/C21H24ClN3O4/c1-27-18-11-15(13-23)12-19(28-2)21(18)29-14-20(26)25-9-7-24(8-10-25)17-5-3-16(22)4-6-17/h3-6,11-13,23H,7-10,14H2,1-2H3. The lowest BCUT2D eigenvalue weighted by Crippen LogP contribution is -2.50. The van der Waals surface area contributed by atoms with Crippen molar-refractivity contribution >= 4 is 29.4 Å². The van der Waals surface area contributed by atoms with Gasteiger partial charge < -0.3 is 29.4 Å². The van der Waals surface area contributed by atoms with Crippen molar-refractivity contribution in [1.82, 2.24) is 4.90 Å². The van der Waals surface area contributed by atoms with Crippen LogP contribution >= 0.6 is 11.6 Å². The predicted molar refractivity (Wildman–Crippen MR) is 113 cm³/mol. The zero-order chi connectivity index (χ0) is 20.8. The van der Waals surface area contributed by atoms with Gasteiger partial charge in [-0.2, -0.15) is 0 Å². The number of halogens is 1. The summed E-state index contributed by atoms with van der Waals surface area (Å²) in [6.07, 6.45) is 1.19. The molecule has 154 valence electrons. The van der Waals surface area contributed by atoms with E-state index in [1.807, 2.05) is 24.3 Å². The van der Waals surface area contributed by atoms with Crippen LogP contribution in [0, 0.1) is 5.41 Å². The van der Waals surface area contributed by atoms with Crippen LogP contribution in [0.5, 0.6) is 17.2 Å². The lowest BCUT2D eigenvalue weighted by Gasteiger charge is -2.36. The van der Waals surface area contributed by atoms with E-state index in [0.29, 0.717) is 40.9 Å². The second kappa shape index (κ2) is 9.52. The van der Waals surface area contributed by atoms with Gasteiger partial charge in [-0.05, 0) is 42.0 Å². The smallest absolute Gasteiger partial charge is 0.260 e. The minimum Gasteiger partial charge on any atom is -0.493 e. The Morgan fingerprint density at radius 1 is 1.07 bits per heavy atom. The third-order valence-corrected chi connectivity index (χ3v) is 5.07. The summed E-state index contributed by atoms with van der Waals surface area (Å²) in [4.78, 5) is 16.6. The Hall–Kier alpha value is -2.93. The summed E-state index contributed by atoms with van der Waals surface area (Å²) in [6, 6.07) is 11.0. The highest BCUT2D eigenvalue weighted by Crippen LogP contribution is 2.38. The molecule has 1 aliphatic heterocycles. The summed E-state index contributed by atoms with van der Waals surface area (Å²) in [6.45, 7) is 2.61. The van der Waals surface area contributed by atoms with Crippen molar-refractivity contribution in [2.75, 3.05) is 51.9 Å². The SMILES string of the molecule is COc1cc(C=N)cc(OC)c1OCC(=O)N1CCN(c2ccc(Cl)cc2)CC1. The van der Waals surface area contributed by atoms with Gasteiger partial charge in [-0.25, -0.2) is 0 Å². The Bertz CT molecular complexity index is 840. The number of ether oxygens (including phenoxy) is 3. The first-order valence-corrected chi connectivity index (χ1v) is 9.61. The number of carbonyl (C=O) groups is 1. The first kappa shape index (κ1) is 20.8. The molecule has 0 unspecified atom stereocenters. The van der Waals surface area contributed by atoms with Crippen LogP contribution < -0.4 is 19.1 Å². The normalized spacial score (nSPS) is 13.8. The number of carbonyl (C=O) groups excluding carboxylic acids is 1. The van der Waals surface area contributed by atoms with Crippen molar-refractivity contribution in [3.05, 3.63) is 47.0 Å². The van der Waals surface area contributed by atoms with Crippen LogP contribution in [-0.2, 0) is 4.79 Å². The number of hydrogen-bond acceptors (Lipinski definition) is 6. The van der Waals surface area contributed by atoms with Gasteiger partial charge in [0.05, 0.1) is 14.2 Å². The molecule has 1 amide bonds. The van der Waals surface area contributed by atoms with Gasteiger partial charge >= 0.3 is 0 Å². The van der Waals surface area contributed by atoms with E-state index in [1.54, 1.807) is 17.0 Å². The van der Waals surface area contributed by atoms with Crippen molar-refractivity contribution in [2.45, 2.75) is 0 Å². The molecule has 29 heavy (non-hydrogen) atoms. The largest absolute Gasteiger partial charge is 0.493 e. The fourth-order valence-corrected chi connectivity index (χ4v) is 3.34. The Balaban J connectivity index is 1.59. The predicted octanol–water partition coefficient (Wildman–Crippen LogP) is 3.08. The van der Waals surface area contributed by atoms with Crippen LogP contribution in [0.3, 0.4) is 0 Å². The Morgan fingerprint density at radius 3 is 2.17 bits per heavy atom. The monoisotopic (exact) mass is 417 g/mol. The summed E-state index contributed by atoms with van der Waals surface area (Å²) in [7, 11) is 3.01. The van der Waals surface area contributed by atoms with E-state index < -0.39 is 0 Å². The summed E-state index contributed by atoms with van der Waals surface area (Å²) < 4.78 is 16.4. The molecule has 0 bridgehead atoms. The molecular weight excluding hydrogens is 394 g/mol. The van der Waals surface area contributed by atoms with Gasteiger partial charge in [0.1, 0.15) is 0 Å². The topological polar surface area (TPSA) is 75.1 Å². The quantitative estimate of drug-likeness (QED) is 0.701. The summed E-state index contributed by atoms with van der Waals surface area (Å²) in [5.74, 6) is 1.10. The highest BCUT2D eigenvalue weighted by molar-refractivity contribution is 6.30. The number of piperazine rings is 1. The Labute approximate surface area is 175 Å². The minimum atomic E-state index is -0.113. The average molecular weight is 418 g/mol. The van der Waals surface area contributed by atoms with Crippen molar-refractivity contribution in [3.8, 4) is 17.2 Å². The highest BCUT2D eigenvalue weighted by atomic mass is 35.5. The maximum absolute atomic E-state index is 12.6. The fraction of sp³-hybridized carbons (Fsp3) is 0.333. The third kappa shape index (κ3) is 4.92. The van der Waals surface area contributed by atoms with E-state index in [-0.39, 0.29) is 12.5 Å². The van der Waals surface area contributed by atoms with Crippen LogP contribution in [0.2, 0.25) is 5.02 Å². The minimum absolute atomic E-state index is 0.0963. The number of amides is 1. The highest BCUT2D eigenvalue weighted by Gasteiger charge is 2.23. The van der Waals surface area contributed by atoms with Gasteiger partial charge in [-0.3, -0.25) is 4.79 Å². The zero-order valence-electron chi connectivity index (χ0n) is 16.5. The van der Waals surface area contributed by atoms with E-state index in [4.69, 9.17) is 31.2 Å². The summed E-state index contributed by atoms with van der Waals surface area (Å²) >= 11 is 5.95. The van der Waals surface area contributed by atoms with Crippen molar-refractivity contribution in [2.24, 2.45) is 0 Å². The number of nitrogens with zero attached hydrogens (tertiary/aromatic N) is 2. The van der Waals surface area contributed by atoms with Crippen molar-refractivity contribution in [1.29, 1.82) is 5.41 Å². The van der Waals surface area contributed by atoms with E-state index in [1.165, 1.54) is 20.4 Å². The fourth-order valence-electron chi connectivity index (χ4n) is 3.22. The molecule has 2 aromatic carbocycles. The van der Waals surface area contributed by atoms with Crippen LogP contribution in [0.1, 0.15) is 5.56 Å². The zero-order valence-corrected chi connectivity index (χ0v) is 17.2. The molecule has 0 saturated carbocycles. The maximum atomic E-state index is 12.6. The second-order valence-corrected chi connectivity index (χ2v) is 6.97. The van der Waals surface area contributed by atoms with Gasteiger partial charge in [0.25, 0.3) is 5.91 Å². The molecule has 0 spiro atoms. The van der Waals surface area contributed by atoms with E-state index in [2.05, 4.69) is 4.90 Å². The van der Waals surface area contributed by atoms with E-state index >= 15 is 0 Å². The number of anilines is 1. The molecule has 0 aromatic heterocycles. The molecular formula is C21H24ClN3O4. The lowest BCUT2D eigenvalue weighted by molar-refractivity contribution is -0.133. The third-order valence-electron chi connectivity index (χ3n) is 4.81. The maximum Gasteiger partial charge on any atom is 0.260 e. The molecule has 0 radical (unpaired) electrons. The first-order chi connectivity index (χ1) is 14.0. The van der Waals surface area contributed by atoms with Crippen LogP contribution in [0.25, 0.3) is 0 Å². The number of methoxy groups -OCH3 is 2. The molecule has 7 nitrogen and oxygen atoms in total. The summed E-state index contributed by atoms with van der Waals surface area (Å²) in [5.41, 5.74) is 1.72. The second-order valence-electron chi connectivity index (χ2n) is 6.53. The number of hydrogen-bond donors (Lipinski definition) is 1. The van der Waals surface area contributed by atoms with Crippen molar-refractivity contribution < 1.29 is 19.0 Å². The first-order valence-electron chi connectivity index (χ1n) is 9.23. The molecule has 0 aliphatic carbocycles. The lowest BCUT2D eigenvalue weighted by atomic mass is 10.2. The number of rotatable bonds is 7. The van der Waals surface area contributed by atoms with Crippen LogP contribution in [0.15, 0.2) is 36.4 Å².